The van der Waals surface area contributed by atoms with Crippen molar-refractivity contribution in [2.45, 2.75) is 6.18 Å². The molecule has 0 heterocycles. The van der Waals surface area contributed by atoms with E-state index < -0.39 is 17.6 Å². The summed E-state index contributed by atoms with van der Waals surface area (Å²) in [6.45, 7) is 0. The van der Waals surface area contributed by atoms with E-state index in [9.17, 15) is 17.6 Å². The molecule has 0 saturated carbocycles. The molecule has 0 spiro atoms. The number of halogens is 4. The molecule has 0 aliphatic carbocycles. The topological polar surface area (TPSA) is 32.3 Å². The smallest absolute Gasteiger partial charge is 0.291 e. The van der Waals surface area contributed by atoms with Crippen molar-refractivity contribution in [1.29, 1.82) is 0 Å². The highest BCUT2D eigenvalue weighted by atomic mass is 19.4. The average molecular weight is 195 g/mol. The van der Waals surface area contributed by atoms with Crippen LogP contribution in [0.3, 0.4) is 0 Å². The molecule has 2 N–H and O–H groups in total. The van der Waals surface area contributed by atoms with Gasteiger partial charge in [-0.15, -0.1) is 0 Å². The lowest BCUT2D eigenvalue weighted by Gasteiger charge is -2.08. The van der Waals surface area contributed by atoms with E-state index >= 15 is 0 Å². The molecule has 0 amide bonds. The Hall–Kier alpha value is -1.30. The van der Waals surface area contributed by atoms with E-state index in [4.69, 9.17) is 5.21 Å². The number of nitrogens with one attached hydrogen (secondary N) is 1. The van der Waals surface area contributed by atoms with Crippen LogP contribution in [0.15, 0.2) is 18.2 Å². The third-order valence-electron chi connectivity index (χ3n) is 1.40. The summed E-state index contributed by atoms with van der Waals surface area (Å²) in [6, 6.07) is 2.03. The summed E-state index contributed by atoms with van der Waals surface area (Å²) < 4.78 is 48.5. The van der Waals surface area contributed by atoms with E-state index in [0.717, 1.165) is 6.07 Å². The van der Waals surface area contributed by atoms with Gasteiger partial charge in [-0.2, -0.15) is 13.2 Å². The van der Waals surface area contributed by atoms with Gasteiger partial charge in [-0.1, -0.05) is 0 Å². The van der Waals surface area contributed by atoms with Crippen LogP contribution in [0.4, 0.5) is 23.2 Å². The molecule has 0 unspecified atom stereocenters. The quantitative estimate of drug-likeness (QED) is 0.533. The zero-order chi connectivity index (χ0) is 10.1. The summed E-state index contributed by atoms with van der Waals surface area (Å²) in [5, 5.41) is 8.26. The lowest BCUT2D eigenvalue weighted by Crippen LogP contribution is -2.08. The molecule has 0 bridgehead atoms. The van der Waals surface area contributed by atoms with Crippen LogP contribution in [0, 0.1) is 5.82 Å². The molecule has 0 aliphatic heterocycles. The minimum absolute atomic E-state index is 0.134. The zero-order valence-electron chi connectivity index (χ0n) is 6.19. The van der Waals surface area contributed by atoms with Gasteiger partial charge in [0.1, 0.15) is 5.82 Å². The molecule has 2 nitrogen and oxygen atoms in total. The van der Waals surface area contributed by atoms with E-state index in [1.54, 1.807) is 0 Å². The maximum absolute atomic E-state index is 12.7. The van der Waals surface area contributed by atoms with Crippen molar-refractivity contribution in [3.63, 3.8) is 0 Å². The SMILES string of the molecule is ONc1ccc(C(F)(F)F)c(F)c1. The Morgan fingerprint density at radius 2 is 1.85 bits per heavy atom. The van der Waals surface area contributed by atoms with Crippen molar-refractivity contribution in [3.05, 3.63) is 29.6 Å². The van der Waals surface area contributed by atoms with Crippen molar-refractivity contribution in [2.75, 3.05) is 5.48 Å². The minimum Gasteiger partial charge on any atom is -0.291 e. The summed E-state index contributed by atoms with van der Waals surface area (Å²) in [4.78, 5) is 0. The minimum atomic E-state index is -4.71. The van der Waals surface area contributed by atoms with E-state index in [1.807, 2.05) is 0 Å². The fourth-order valence-corrected chi connectivity index (χ4v) is 0.815. The highest BCUT2D eigenvalue weighted by Gasteiger charge is 2.33. The van der Waals surface area contributed by atoms with E-state index in [0.29, 0.717) is 12.1 Å². The highest BCUT2D eigenvalue weighted by molar-refractivity contribution is 5.43. The number of alkyl halides is 3. The first-order chi connectivity index (χ1) is 5.95. The number of rotatable bonds is 1. The van der Waals surface area contributed by atoms with Gasteiger partial charge in [-0.05, 0) is 18.2 Å². The normalized spacial score (nSPS) is 11.5. The fourth-order valence-electron chi connectivity index (χ4n) is 0.815. The first-order valence-corrected chi connectivity index (χ1v) is 3.22. The van der Waals surface area contributed by atoms with Crippen LogP contribution in [0.25, 0.3) is 0 Å². The molecule has 72 valence electrons. The lowest BCUT2D eigenvalue weighted by molar-refractivity contribution is -0.139. The van der Waals surface area contributed by atoms with Gasteiger partial charge < -0.3 is 0 Å². The van der Waals surface area contributed by atoms with Crippen LogP contribution in [-0.4, -0.2) is 5.21 Å². The molecule has 0 fully saturated rings. The summed E-state index contributed by atoms with van der Waals surface area (Å²) >= 11 is 0. The van der Waals surface area contributed by atoms with Gasteiger partial charge in [0.05, 0.1) is 11.3 Å². The number of hydrogen-bond donors (Lipinski definition) is 2. The molecule has 6 heteroatoms. The van der Waals surface area contributed by atoms with Crippen molar-refractivity contribution >= 4 is 5.69 Å². The number of hydrogen-bond acceptors (Lipinski definition) is 2. The van der Waals surface area contributed by atoms with Crippen molar-refractivity contribution in [1.82, 2.24) is 0 Å². The molecule has 1 aromatic carbocycles. The average Bonchev–Trinajstić information content (AvgIpc) is 2.01. The van der Waals surface area contributed by atoms with E-state index in [1.165, 1.54) is 5.48 Å². The standard InChI is InChI=1S/C7H5F4NO/c8-6-3-4(12-13)1-2-5(6)7(9,10)11/h1-3,12-13H. The van der Waals surface area contributed by atoms with Crippen LogP contribution in [0.5, 0.6) is 0 Å². The predicted octanol–water partition coefficient (Wildman–Crippen LogP) is 2.65. The second kappa shape index (κ2) is 3.21. The summed E-state index contributed by atoms with van der Waals surface area (Å²) in [6.07, 6.45) is -4.71. The Labute approximate surface area is 70.8 Å². The Morgan fingerprint density at radius 3 is 2.23 bits per heavy atom. The largest absolute Gasteiger partial charge is 0.419 e. The Kier molecular flexibility index (Phi) is 2.42. The van der Waals surface area contributed by atoms with Gasteiger partial charge in [-0.25, -0.2) is 4.39 Å². The molecular weight excluding hydrogens is 190 g/mol. The molecule has 0 saturated heterocycles. The summed E-state index contributed by atoms with van der Waals surface area (Å²) in [5.41, 5.74) is 0.0502. The summed E-state index contributed by atoms with van der Waals surface area (Å²) in [7, 11) is 0. The Morgan fingerprint density at radius 1 is 1.23 bits per heavy atom. The molecule has 0 radical (unpaired) electrons. The van der Waals surface area contributed by atoms with Gasteiger partial charge in [0, 0.05) is 0 Å². The first-order valence-electron chi connectivity index (χ1n) is 3.22. The predicted molar refractivity (Wildman–Crippen MR) is 36.8 cm³/mol. The Bertz CT molecular complexity index is 310. The second-order valence-electron chi connectivity index (χ2n) is 2.30. The summed E-state index contributed by atoms with van der Waals surface area (Å²) in [5.74, 6) is -1.42. The van der Waals surface area contributed by atoms with Crippen molar-refractivity contribution in [2.24, 2.45) is 0 Å². The van der Waals surface area contributed by atoms with Crippen LogP contribution in [-0.2, 0) is 6.18 Å². The maximum Gasteiger partial charge on any atom is 0.419 e. The zero-order valence-corrected chi connectivity index (χ0v) is 6.19. The molecule has 0 aromatic heterocycles. The second-order valence-corrected chi connectivity index (χ2v) is 2.30. The molecule has 0 aliphatic rings. The lowest BCUT2D eigenvalue weighted by atomic mass is 10.2. The van der Waals surface area contributed by atoms with Crippen LogP contribution < -0.4 is 5.48 Å². The van der Waals surface area contributed by atoms with Crippen molar-refractivity contribution < 1.29 is 22.8 Å². The van der Waals surface area contributed by atoms with Gasteiger partial charge in [0.15, 0.2) is 0 Å². The molecule has 1 rings (SSSR count). The highest BCUT2D eigenvalue weighted by Crippen LogP contribution is 2.32. The van der Waals surface area contributed by atoms with Crippen LogP contribution >= 0.6 is 0 Å². The van der Waals surface area contributed by atoms with Crippen LogP contribution in [0.1, 0.15) is 5.56 Å². The van der Waals surface area contributed by atoms with E-state index in [-0.39, 0.29) is 5.69 Å². The van der Waals surface area contributed by atoms with Gasteiger partial charge in [-0.3, -0.25) is 10.7 Å². The third kappa shape index (κ3) is 2.09. The van der Waals surface area contributed by atoms with Gasteiger partial charge in [0.2, 0.25) is 0 Å². The molecular formula is C7H5F4NO. The number of benzene rings is 1. The maximum atomic E-state index is 12.7. The third-order valence-corrected chi connectivity index (χ3v) is 1.40. The van der Waals surface area contributed by atoms with Crippen LogP contribution in [0.2, 0.25) is 0 Å². The Balaban J connectivity index is 3.13. The number of anilines is 1. The molecule has 0 atom stereocenters. The first kappa shape index (κ1) is 9.79. The molecule has 13 heavy (non-hydrogen) atoms. The molecule has 1 aromatic rings. The fraction of sp³-hybridized carbons (Fsp3) is 0.143. The van der Waals surface area contributed by atoms with E-state index in [2.05, 4.69) is 0 Å². The van der Waals surface area contributed by atoms with Gasteiger partial charge >= 0.3 is 6.18 Å². The monoisotopic (exact) mass is 195 g/mol. The van der Waals surface area contributed by atoms with Gasteiger partial charge in [0.25, 0.3) is 0 Å². The van der Waals surface area contributed by atoms with Crippen molar-refractivity contribution in [3.8, 4) is 0 Å².